The number of nitrogens with one attached hydrogen (secondary N) is 1. The van der Waals surface area contributed by atoms with Gasteiger partial charge in [0.1, 0.15) is 16.5 Å². The Morgan fingerprint density at radius 1 is 1.13 bits per heavy atom. The number of nitrogens with zero attached hydrogens (tertiary/aromatic N) is 2. The molecule has 1 amide bonds. The van der Waals surface area contributed by atoms with Crippen LogP contribution >= 0.6 is 11.6 Å². The Hall–Kier alpha value is -3.45. The Morgan fingerprint density at radius 3 is 2.47 bits per heavy atom. The summed E-state index contributed by atoms with van der Waals surface area (Å²) in [6, 6.07) is 15.0. The predicted molar refractivity (Wildman–Crippen MR) is 116 cm³/mol. The van der Waals surface area contributed by atoms with Crippen molar-refractivity contribution in [2.75, 3.05) is 0 Å². The molecule has 0 spiro atoms. The van der Waals surface area contributed by atoms with Crippen molar-refractivity contribution in [2.45, 2.75) is 26.2 Å². The number of hydrogen-bond acceptors (Lipinski definition) is 5. The van der Waals surface area contributed by atoms with E-state index in [1.165, 1.54) is 18.3 Å². The summed E-state index contributed by atoms with van der Waals surface area (Å²) < 4.78 is 5.62. The lowest BCUT2D eigenvalue weighted by atomic mass is 9.87. The molecule has 8 heteroatoms. The standard InChI is InChI=1S/C22H20ClN3O4/c1-22(2,3)16-7-4-14(5-8-16)21(27)25-24-13-17-9-11-20(30-17)15-6-10-18(23)19(12-15)26(28)29/h4-13H,1-3H3,(H,25,27)/b24-13-. The fraction of sp³-hybridized carbons (Fsp3) is 0.182. The first-order valence-corrected chi connectivity index (χ1v) is 9.51. The number of nitro benzene ring substituents is 1. The highest BCUT2D eigenvalue weighted by Gasteiger charge is 2.16. The third kappa shape index (κ3) is 4.93. The molecule has 0 radical (unpaired) electrons. The number of rotatable bonds is 5. The van der Waals surface area contributed by atoms with Gasteiger partial charge >= 0.3 is 0 Å². The van der Waals surface area contributed by atoms with Gasteiger partial charge in [0, 0.05) is 17.2 Å². The van der Waals surface area contributed by atoms with E-state index in [4.69, 9.17) is 16.0 Å². The number of hydrazone groups is 1. The average Bonchev–Trinajstić information content (AvgIpc) is 3.16. The van der Waals surface area contributed by atoms with E-state index in [0.29, 0.717) is 22.6 Å². The lowest BCUT2D eigenvalue weighted by Crippen LogP contribution is -2.18. The van der Waals surface area contributed by atoms with Crippen molar-refractivity contribution in [1.82, 2.24) is 5.43 Å². The highest BCUT2D eigenvalue weighted by molar-refractivity contribution is 6.32. The van der Waals surface area contributed by atoms with E-state index < -0.39 is 4.92 Å². The second-order valence-electron chi connectivity index (χ2n) is 7.65. The minimum atomic E-state index is -0.555. The van der Waals surface area contributed by atoms with Crippen LogP contribution in [0.3, 0.4) is 0 Å². The number of furan rings is 1. The molecular formula is C22H20ClN3O4. The van der Waals surface area contributed by atoms with E-state index >= 15 is 0 Å². The summed E-state index contributed by atoms with van der Waals surface area (Å²) in [5, 5.41) is 15.0. The van der Waals surface area contributed by atoms with E-state index in [0.717, 1.165) is 5.56 Å². The minimum Gasteiger partial charge on any atom is -0.455 e. The molecule has 3 aromatic rings. The summed E-state index contributed by atoms with van der Waals surface area (Å²) >= 11 is 5.83. The van der Waals surface area contributed by atoms with E-state index in [1.54, 1.807) is 30.3 Å². The van der Waals surface area contributed by atoms with Gasteiger partial charge in [0.05, 0.1) is 11.1 Å². The van der Waals surface area contributed by atoms with Crippen LogP contribution in [0.15, 0.2) is 64.1 Å². The van der Waals surface area contributed by atoms with Crippen molar-refractivity contribution in [2.24, 2.45) is 5.10 Å². The number of hydrogen-bond donors (Lipinski definition) is 1. The lowest BCUT2D eigenvalue weighted by molar-refractivity contribution is -0.384. The minimum absolute atomic E-state index is 0.00860. The van der Waals surface area contributed by atoms with Crippen LogP contribution in [0.4, 0.5) is 5.69 Å². The van der Waals surface area contributed by atoms with Crippen LogP contribution in [0.25, 0.3) is 11.3 Å². The molecule has 30 heavy (non-hydrogen) atoms. The first kappa shape index (κ1) is 21.3. The Kier molecular flexibility index (Phi) is 6.03. The molecule has 0 aliphatic carbocycles. The number of carbonyl (C=O) groups is 1. The Labute approximate surface area is 178 Å². The number of nitro groups is 1. The van der Waals surface area contributed by atoms with Gasteiger partial charge in [-0.05, 0) is 47.4 Å². The van der Waals surface area contributed by atoms with Gasteiger partial charge in [-0.1, -0.05) is 44.5 Å². The monoisotopic (exact) mass is 425 g/mol. The van der Waals surface area contributed by atoms with Crippen molar-refractivity contribution in [3.63, 3.8) is 0 Å². The fourth-order valence-electron chi connectivity index (χ4n) is 2.72. The van der Waals surface area contributed by atoms with Crippen molar-refractivity contribution >= 4 is 29.4 Å². The molecule has 0 atom stereocenters. The number of benzene rings is 2. The topological polar surface area (TPSA) is 97.7 Å². The molecule has 0 aliphatic rings. The van der Waals surface area contributed by atoms with Crippen molar-refractivity contribution < 1.29 is 14.1 Å². The number of amides is 1. The molecule has 1 aromatic heterocycles. The van der Waals surface area contributed by atoms with Crippen LogP contribution in [-0.4, -0.2) is 17.0 Å². The maximum atomic E-state index is 12.2. The lowest BCUT2D eigenvalue weighted by Gasteiger charge is -2.18. The van der Waals surface area contributed by atoms with E-state index in [9.17, 15) is 14.9 Å². The van der Waals surface area contributed by atoms with Gasteiger partial charge in [-0.2, -0.15) is 5.10 Å². The maximum absolute atomic E-state index is 12.2. The normalized spacial score (nSPS) is 11.6. The van der Waals surface area contributed by atoms with Gasteiger partial charge in [0.15, 0.2) is 0 Å². The summed E-state index contributed by atoms with van der Waals surface area (Å²) in [5.41, 5.74) is 4.39. The molecule has 0 bridgehead atoms. The first-order chi connectivity index (χ1) is 14.1. The zero-order valence-electron chi connectivity index (χ0n) is 16.7. The zero-order valence-corrected chi connectivity index (χ0v) is 17.4. The van der Waals surface area contributed by atoms with E-state index in [-0.39, 0.29) is 22.0 Å². The largest absolute Gasteiger partial charge is 0.455 e. The molecule has 3 rings (SSSR count). The van der Waals surface area contributed by atoms with Gasteiger partial charge in [-0.25, -0.2) is 5.43 Å². The van der Waals surface area contributed by atoms with Crippen LogP contribution in [0.1, 0.15) is 42.5 Å². The van der Waals surface area contributed by atoms with E-state index in [1.807, 2.05) is 12.1 Å². The molecule has 2 aromatic carbocycles. The quantitative estimate of drug-likeness (QED) is 0.328. The van der Waals surface area contributed by atoms with Gasteiger partial charge in [-0.15, -0.1) is 0 Å². The van der Waals surface area contributed by atoms with Crippen molar-refractivity contribution in [3.05, 3.63) is 86.6 Å². The predicted octanol–water partition coefficient (Wildman–Crippen LogP) is 5.57. The SMILES string of the molecule is CC(C)(C)c1ccc(C(=O)N/N=C\c2ccc(-c3ccc(Cl)c([N+](=O)[O-])c3)o2)cc1. The van der Waals surface area contributed by atoms with Crippen LogP contribution in [0.2, 0.25) is 5.02 Å². The molecule has 0 unspecified atom stereocenters. The Morgan fingerprint density at radius 2 is 1.83 bits per heavy atom. The molecule has 0 aliphatic heterocycles. The van der Waals surface area contributed by atoms with Crippen molar-refractivity contribution in [1.29, 1.82) is 0 Å². The van der Waals surface area contributed by atoms with Gasteiger partial charge < -0.3 is 4.42 Å². The smallest absolute Gasteiger partial charge is 0.288 e. The van der Waals surface area contributed by atoms with Gasteiger partial charge in [0.2, 0.25) is 0 Å². The summed E-state index contributed by atoms with van der Waals surface area (Å²) in [7, 11) is 0. The molecule has 0 saturated heterocycles. The number of carbonyl (C=O) groups excluding carboxylic acids is 1. The Bertz CT molecular complexity index is 1110. The molecule has 1 N–H and O–H groups in total. The number of halogens is 1. The highest BCUT2D eigenvalue weighted by Crippen LogP contribution is 2.31. The average molecular weight is 426 g/mol. The molecule has 0 saturated carbocycles. The summed E-state index contributed by atoms with van der Waals surface area (Å²) in [5.74, 6) is 0.457. The molecule has 0 fully saturated rings. The fourth-order valence-corrected chi connectivity index (χ4v) is 2.91. The Balaban J connectivity index is 1.67. The molecule has 7 nitrogen and oxygen atoms in total. The third-order valence-corrected chi connectivity index (χ3v) is 4.74. The third-order valence-electron chi connectivity index (χ3n) is 4.43. The second-order valence-corrected chi connectivity index (χ2v) is 8.06. The van der Waals surface area contributed by atoms with Crippen LogP contribution in [0, 0.1) is 10.1 Å². The van der Waals surface area contributed by atoms with Gasteiger partial charge in [-0.3, -0.25) is 14.9 Å². The van der Waals surface area contributed by atoms with Gasteiger partial charge in [0.25, 0.3) is 11.6 Å². The molecule has 154 valence electrons. The van der Waals surface area contributed by atoms with Crippen LogP contribution in [-0.2, 0) is 5.41 Å². The van der Waals surface area contributed by atoms with Crippen LogP contribution < -0.4 is 5.43 Å². The summed E-state index contributed by atoms with van der Waals surface area (Å²) in [6.45, 7) is 6.31. The van der Waals surface area contributed by atoms with Crippen molar-refractivity contribution in [3.8, 4) is 11.3 Å². The first-order valence-electron chi connectivity index (χ1n) is 9.13. The van der Waals surface area contributed by atoms with Crippen LogP contribution in [0.5, 0.6) is 0 Å². The van der Waals surface area contributed by atoms with E-state index in [2.05, 4.69) is 31.3 Å². The molecular weight excluding hydrogens is 406 g/mol. The zero-order chi connectivity index (χ0) is 21.9. The molecule has 1 heterocycles. The maximum Gasteiger partial charge on any atom is 0.288 e. The summed E-state index contributed by atoms with van der Waals surface area (Å²) in [4.78, 5) is 22.7. The second kappa shape index (κ2) is 8.51. The highest BCUT2D eigenvalue weighted by atomic mass is 35.5. The summed E-state index contributed by atoms with van der Waals surface area (Å²) in [6.07, 6.45) is 1.36.